The lowest BCUT2D eigenvalue weighted by atomic mass is 9.87. The number of carboxylic acid groups (broad SMARTS) is 1. The Labute approximate surface area is 249 Å². The van der Waals surface area contributed by atoms with Crippen molar-refractivity contribution in [3.63, 3.8) is 0 Å². The Morgan fingerprint density at radius 1 is 0.930 bits per heavy atom. The predicted octanol–water partition coefficient (Wildman–Crippen LogP) is 7.88. The molecular formula is C34H35F4NO4. The number of benzene rings is 3. The number of rotatable bonds is 16. The molecule has 1 N–H and O–H groups in total. The molecule has 9 heteroatoms. The van der Waals surface area contributed by atoms with Crippen LogP contribution < -0.4 is 9.47 Å². The second kappa shape index (κ2) is 15.4. The van der Waals surface area contributed by atoms with Crippen LogP contribution in [0.2, 0.25) is 0 Å². The minimum absolute atomic E-state index is 0.0500. The van der Waals surface area contributed by atoms with Crippen molar-refractivity contribution in [2.24, 2.45) is 0 Å². The summed E-state index contributed by atoms with van der Waals surface area (Å²) in [5.41, 5.74) is 3.63. The Morgan fingerprint density at radius 3 is 2.35 bits per heavy atom. The van der Waals surface area contributed by atoms with Gasteiger partial charge in [-0.3, -0.25) is 9.69 Å². The monoisotopic (exact) mass is 597 g/mol. The molecule has 0 saturated carbocycles. The minimum Gasteiger partial charge on any atom is -0.494 e. The molecular weight excluding hydrogens is 562 g/mol. The number of halogens is 4. The first-order chi connectivity index (χ1) is 20.7. The summed E-state index contributed by atoms with van der Waals surface area (Å²) in [6.45, 7) is 1.95. The molecule has 0 saturated heterocycles. The van der Waals surface area contributed by atoms with E-state index in [-0.39, 0.29) is 18.1 Å². The van der Waals surface area contributed by atoms with Crippen LogP contribution in [0.15, 0.2) is 103 Å². The van der Waals surface area contributed by atoms with Crippen molar-refractivity contribution in [1.29, 1.82) is 0 Å². The van der Waals surface area contributed by atoms with Crippen molar-refractivity contribution in [2.75, 3.05) is 19.7 Å². The second-order valence-corrected chi connectivity index (χ2v) is 10.4. The third-order valence-electron chi connectivity index (χ3n) is 7.02. The fraction of sp³-hybridized carbons (Fsp3) is 0.324. The maximum absolute atomic E-state index is 13.6. The molecule has 228 valence electrons. The molecule has 0 heterocycles. The van der Waals surface area contributed by atoms with Gasteiger partial charge in [0.25, 0.3) is 0 Å². The molecule has 0 amide bonds. The van der Waals surface area contributed by atoms with Crippen molar-refractivity contribution in [2.45, 2.75) is 50.7 Å². The minimum atomic E-state index is -4.59. The molecule has 0 fully saturated rings. The predicted molar refractivity (Wildman–Crippen MR) is 157 cm³/mol. The van der Waals surface area contributed by atoms with E-state index >= 15 is 0 Å². The first-order valence-electron chi connectivity index (χ1n) is 14.2. The smallest absolute Gasteiger partial charge is 0.461 e. The van der Waals surface area contributed by atoms with Crippen molar-refractivity contribution < 1.29 is 36.9 Å². The largest absolute Gasteiger partial charge is 0.494 e. The summed E-state index contributed by atoms with van der Waals surface area (Å²) in [4.78, 5) is 13.2. The van der Waals surface area contributed by atoms with Gasteiger partial charge in [-0.25, -0.2) is 0 Å². The van der Waals surface area contributed by atoms with E-state index in [9.17, 15) is 22.4 Å². The maximum Gasteiger partial charge on any atom is 0.461 e. The number of carbonyl (C=O) groups is 1. The number of nitrogens with zero attached hydrogens (tertiary/aromatic N) is 1. The Hall–Kier alpha value is -4.11. The van der Waals surface area contributed by atoms with E-state index in [2.05, 4.69) is 40.0 Å². The van der Waals surface area contributed by atoms with Crippen LogP contribution >= 0.6 is 0 Å². The third-order valence-corrected chi connectivity index (χ3v) is 7.02. The van der Waals surface area contributed by atoms with Crippen LogP contribution in [-0.4, -0.2) is 48.2 Å². The first-order valence-corrected chi connectivity index (χ1v) is 14.2. The lowest BCUT2D eigenvalue weighted by molar-refractivity contribution is -0.253. The van der Waals surface area contributed by atoms with Crippen molar-refractivity contribution >= 4 is 5.97 Å². The van der Waals surface area contributed by atoms with Gasteiger partial charge in [0.05, 0.1) is 13.0 Å². The van der Waals surface area contributed by atoms with Crippen LogP contribution in [0.5, 0.6) is 11.5 Å². The molecule has 3 aromatic rings. The van der Waals surface area contributed by atoms with Crippen molar-refractivity contribution in [1.82, 2.24) is 4.90 Å². The Bertz CT molecular complexity index is 1390. The van der Waals surface area contributed by atoms with Crippen LogP contribution in [0.3, 0.4) is 0 Å². The zero-order valence-corrected chi connectivity index (χ0v) is 23.7. The Kier molecular flexibility index (Phi) is 11.4. The van der Waals surface area contributed by atoms with Crippen LogP contribution in [-0.2, 0) is 17.8 Å². The highest BCUT2D eigenvalue weighted by atomic mass is 19.3. The molecule has 3 aromatic carbocycles. The summed E-state index contributed by atoms with van der Waals surface area (Å²) < 4.78 is 62.9. The topological polar surface area (TPSA) is 59.0 Å². The zero-order chi connectivity index (χ0) is 30.7. The Balaban J connectivity index is 1.50. The van der Waals surface area contributed by atoms with E-state index in [1.807, 2.05) is 18.2 Å². The summed E-state index contributed by atoms with van der Waals surface area (Å²) in [7, 11) is 0. The number of aliphatic carboxylic acids is 1. The average molecular weight is 598 g/mol. The molecule has 0 spiro atoms. The number of carboxylic acids is 1. The van der Waals surface area contributed by atoms with Crippen molar-refractivity contribution in [3.8, 4) is 11.5 Å². The molecule has 0 aromatic heterocycles. The lowest BCUT2D eigenvalue weighted by Crippen LogP contribution is -2.33. The van der Waals surface area contributed by atoms with E-state index in [1.54, 1.807) is 30.3 Å². The fourth-order valence-corrected chi connectivity index (χ4v) is 5.04. The number of alkyl halides is 4. The van der Waals surface area contributed by atoms with Gasteiger partial charge in [0.15, 0.2) is 0 Å². The standard InChI is InChI=1S/C34H35F4NO4/c35-33(36)34(37,38)43-30-17-8-11-26(21-30)23-39(18-9-19-42-29-16-7-10-25(20-29)22-32(40)41)24-31(27-12-3-1-4-13-27)28-14-5-2-6-15-28/h1,3-5,7-8,10-17,20-21,31,33H,2,6,9,18-19,22-24H2,(H,40,41). The summed E-state index contributed by atoms with van der Waals surface area (Å²) in [5.74, 6) is -0.621. The van der Waals surface area contributed by atoms with Gasteiger partial charge in [0, 0.05) is 25.6 Å². The molecule has 0 radical (unpaired) electrons. The maximum atomic E-state index is 13.6. The second-order valence-electron chi connectivity index (χ2n) is 10.4. The van der Waals surface area contributed by atoms with Gasteiger partial charge in [-0.15, -0.1) is 0 Å². The van der Waals surface area contributed by atoms with E-state index in [4.69, 9.17) is 9.84 Å². The highest BCUT2D eigenvalue weighted by Gasteiger charge is 2.44. The summed E-state index contributed by atoms with van der Waals surface area (Å²) in [5, 5.41) is 9.07. The average Bonchev–Trinajstić information content (AvgIpc) is 2.98. The number of hydrogen-bond donors (Lipinski definition) is 1. The molecule has 1 aliphatic carbocycles. The Morgan fingerprint density at radius 2 is 1.65 bits per heavy atom. The summed E-state index contributed by atoms with van der Waals surface area (Å²) in [6.07, 6.45) is 0.471. The van der Waals surface area contributed by atoms with E-state index in [1.165, 1.54) is 23.8 Å². The summed E-state index contributed by atoms with van der Waals surface area (Å²) in [6, 6.07) is 23.0. The van der Waals surface area contributed by atoms with E-state index in [0.29, 0.717) is 49.5 Å². The van der Waals surface area contributed by atoms with Gasteiger partial charge in [-0.2, -0.15) is 17.6 Å². The zero-order valence-electron chi connectivity index (χ0n) is 23.7. The van der Waals surface area contributed by atoms with Crippen LogP contribution in [0.4, 0.5) is 17.6 Å². The molecule has 0 aliphatic heterocycles. The first kappa shape index (κ1) is 31.8. The summed E-state index contributed by atoms with van der Waals surface area (Å²) >= 11 is 0. The molecule has 1 aliphatic rings. The van der Waals surface area contributed by atoms with Crippen LogP contribution in [0.1, 0.15) is 41.9 Å². The van der Waals surface area contributed by atoms with Gasteiger partial charge in [0.1, 0.15) is 11.5 Å². The molecule has 0 bridgehead atoms. The SMILES string of the molecule is O=C(O)Cc1cccc(OCCCN(Cc2cccc(OC(F)(F)C(F)F)c2)CC(C2=CCCC=C2)c2ccccc2)c1. The van der Waals surface area contributed by atoms with E-state index in [0.717, 1.165) is 18.4 Å². The molecule has 1 unspecified atom stereocenters. The normalized spacial score (nSPS) is 14.0. The number of allylic oxidation sites excluding steroid dienone is 3. The molecule has 1 atom stereocenters. The lowest BCUT2D eigenvalue weighted by Gasteiger charge is -2.30. The fourth-order valence-electron chi connectivity index (χ4n) is 5.04. The molecule has 4 rings (SSSR count). The van der Waals surface area contributed by atoms with Gasteiger partial charge < -0.3 is 14.6 Å². The van der Waals surface area contributed by atoms with E-state index < -0.39 is 18.5 Å². The number of hydrogen-bond acceptors (Lipinski definition) is 4. The number of ether oxygens (including phenoxy) is 2. The van der Waals surface area contributed by atoms with Crippen molar-refractivity contribution in [3.05, 3.63) is 119 Å². The van der Waals surface area contributed by atoms with Gasteiger partial charge in [-0.05, 0) is 65.8 Å². The van der Waals surface area contributed by atoms with Gasteiger partial charge in [-0.1, -0.05) is 72.8 Å². The highest BCUT2D eigenvalue weighted by molar-refractivity contribution is 5.70. The quantitative estimate of drug-likeness (QED) is 0.135. The van der Waals surface area contributed by atoms with Gasteiger partial charge in [0.2, 0.25) is 0 Å². The molecule has 43 heavy (non-hydrogen) atoms. The van der Waals surface area contributed by atoms with Gasteiger partial charge >= 0.3 is 18.5 Å². The third kappa shape index (κ3) is 9.99. The highest BCUT2D eigenvalue weighted by Crippen LogP contribution is 2.31. The van der Waals surface area contributed by atoms with Crippen LogP contribution in [0, 0.1) is 0 Å². The molecule has 5 nitrogen and oxygen atoms in total. The van der Waals surface area contributed by atoms with Crippen LogP contribution in [0.25, 0.3) is 0 Å².